The largest absolute Gasteiger partial charge is 0.495 e. The van der Waals surface area contributed by atoms with E-state index in [4.69, 9.17) is 32.7 Å². The van der Waals surface area contributed by atoms with Gasteiger partial charge in [0.05, 0.1) is 12.8 Å². The first-order valence-corrected chi connectivity index (χ1v) is 7.96. The highest BCUT2D eigenvalue weighted by Gasteiger charge is 2.15. The Labute approximate surface area is 150 Å². The first kappa shape index (κ1) is 18.4. The molecule has 2 aromatic carbocycles. The number of methoxy groups -OCH3 is 2. The van der Waals surface area contributed by atoms with Crippen LogP contribution >= 0.6 is 23.2 Å². The average Bonchev–Trinajstić information content (AvgIpc) is 2.57. The predicted octanol–water partition coefficient (Wildman–Crippen LogP) is 4.51. The average molecular weight is 369 g/mol. The zero-order valence-electron chi connectivity index (χ0n) is 13.3. The van der Waals surface area contributed by atoms with Crippen molar-refractivity contribution in [2.45, 2.75) is 6.10 Å². The van der Waals surface area contributed by atoms with E-state index in [1.165, 1.54) is 7.11 Å². The van der Waals surface area contributed by atoms with Gasteiger partial charge in [-0.1, -0.05) is 41.4 Å². The van der Waals surface area contributed by atoms with Crippen LogP contribution in [0.25, 0.3) is 0 Å². The van der Waals surface area contributed by atoms with Gasteiger partial charge in [-0.3, -0.25) is 0 Å². The summed E-state index contributed by atoms with van der Waals surface area (Å²) < 4.78 is 10.6. The van der Waals surface area contributed by atoms with Crippen LogP contribution in [-0.4, -0.2) is 26.8 Å². The minimum Gasteiger partial charge on any atom is -0.495 e. The summed E-state index contributed by atoms with van der Waals surface area (Å²) in [5.41, 5.74) is 1.29. The molecule has 0 bridgehead atoms. The molecule has 0 spiro atoms. The van der Waals surface area contributed by atoms with Crippen LogP contribution in [0.5, 0.6) is 5.75 Å². The molecule has 5 nitrogen and oxygen atoms in total. The quantitative estimate of drug-likeness (QED) is 0.788. The summed E-state index contributed by atoms with van der Waals surface area (Å²) in [6, 6.07) is 11.9. The summed E-state index contributed by atoms with van der Waals surface area (Å²) in [5.74, 6) is 0.518. The summed E-state index contributed by atoms with van der Waals surface area (Å²) in [7, 11) is 3.08. The van der Waals surface area contributed by atoms with Crippen LogP contribution in [0.15, 0.2) is 42.5 Å². The maximum absolute atomic E-state index is 12.1. The van der Waals surface area contributed by atoms with Crippen LogP contribution in [0.2, 0.25) is 10.0 Å². The zero-order valence-corrected chi connectivity index (χ0v) is 14.8. The minimum atomic E-state index is -0.398. The molecule has 7 heteroatoms. The number of urea groups is 1. The highest BCUT2D eigenvalue weighted by Crippen LogP contribution is 2.28. The molecule has 0 saturated heterocycles. The highest BCUT2D eigenvalue weighted by molar-refractivity contribution is 6.31. The number of carbonyl (C=O) groups is 1. The van der Waals surface area contributed by atoms with Crippen LogP contribution < -0.4 is 15.4 Å². The van der Waals surface area contributed by atoms with E-state index < -0.39 is 6.03 Å². The summed E-state index contributed by atoms with van der Waals surface area (Å²) in [4.78, 5) is 12.1. The van der Waals surface area contributed by atoms with E-state index in [1.54, 1.807) is 31.4 Å². The van der Waals surface area contributed by atoms with Crippen molar-refractivity contribution < 1.29 is 14.3 Å². The van der Waals surface area contributed by atoms with Gasteiger partial charge in [-0.15, -0.1) is 0 Å². The van der Waals surface area contributed by atoms with Crippen LogP contribution in [-0.2, 0) is 4.74 Å². The van der Waals surface area contributed by atoms with E-state index in [2.05, 4.69) is 10.6 Å². The Morgan fingerprint density at radius 1 is 1.17 bits per heavy atom. The third-order valence-electron chi connectivity index (χ3n) is 3.39. The van der Waals surface area contributed by atoms with Crippen molar-refractivity contribution in [3.8, 4) is 5.75 Å². The van der Waals surface area contributed by atoms with Crippen LogP contribution in [0.3, 0.4) is 0 Å². The van der Waals surface area contributed by atoms with E-state index in [9.17, 15) is 4.79 Å². The molecule has 0 aliphatic rings. The molecule has 1 atom stereocenters. The van der Waals surface area contributed by atoms with Gasteiger partial charge >= 0.3 is 6.03 Å². The number of hydrogen-bond donors (Lipinski definition) is 2. The molecular weight excluding hydrogens is 351 g/mol. The standard InChI is InChI=1S/C17H18Cl2N2O3/c1-23-15-8-7-11(18)9-14(15)21-17(22)20-10-16(24-2)12-5-3-4-6-13(12)19/h3-9,16H,10H2,1-2H3,(H2,20,21,22)/t16-/m0/s1. The molecule has 0 radical (unpaired) electrons. The Balaban J connectivity index is 2.00. The molecule has 0 heterocycles. The molecule has 0 aromatic heterocycles. The lowest BCUT2D eigenvalue weighted by Gasteiger charge is -2.18. The van der Waals surface area contributed by atoms with E-state index in [1.807, 2.05) is 18.2 Å². The molecular formula is C17H18Cl2N2O3. The van der Waals surface area contributed by atoms with Crippen LogP contribution in [0.1, 0.15) is 11.7 Å². The lowest BCUT2D eigenvalue weighted by Crippen LogP contribution is -2.33. The Morgan fingerprint density at radius 2 is 1.92 bits per heavy atom. The number of halogens is 2. The van der Waals surface area contributed by atoms with Gasteiger partial charge in [-0.2, -0.15) is 0 Å². The lowest BCUT2D eigenvalue weighted by atomic mass is 10.1. The Bertz CT molecular complexity index is 710. The fraction of sp³-hybridized carbons (Fsp3) is 0.235. The second-order valence-corrected chi connectivity index (χ2v) is 5.77. The SMILES string of the molecule is COc1ccc(Cl)cc1NC(=O)NC[C@H](OC)c1ccccc1Cl. The second kappa shape index (κ2) is 8.78. The molecule has 0 aliphatic heterocycles. The van der Waals surface area contributed by atoms with Gasteiger partial charge in [0.25, 0.3) is 0 Å². The molecule has 2 rings (SSSR count). The fourth-order valence-electron chi connectivity index (χ4n) is 2.19. The summed E-state index contributed by atoms with van der Waals surface area (Å²) in [6.45, 7) is 0.259. The maximum atomic E-state index is 12.1. The number of ether oxygens (including phenoxy) is 2. The summed E-state index contributed by atoms with van der Waals surface area (Å²) in [5, 5.41) is 6.53. The number of anilines is 1. The number of hydrogen-bond acceptors (Lipinski definition) is 3. The van der Waals surface area contributed by atoms with Crippen molar-refractivity contribution in [2.75, 3.05) is 26.1 Å². The van der Waals surface area contributed by atoms with Crippen molar-refractivity contribution in [2.24, 2.45) is 0 Å². The number of nitrogens with one attached hydrogen (secondary N) is 2. The van der Waals surface area contributed by atoms with Crippen molar-refractivity contribution in [1.29, 1.82) is 0 Å². The fourth-order valence-corrected chi connectivity index (χ4v) is 2.62. The van der Waals surface area contributed by atoms with Crippen molar-refractivity contribution in [1.82, 2.24) is 5.32 Å². The molecule has 0 saturated carbocycles. The van der Waals surface area contributed by atoms with Crippen LogP contribution in [0.4, 0.5) is 10.5 Å². The van der Waals surface area contributed by atoms with Crippen molar-refractivity contribution >= 4 is 34.9 Å². The van der Waals surface area contributed by atoms with Crippen LogP contribution in [0, 0.1) is 0 Å². The van der Waals surface area contributed by atoms with E-state index in [0.29, 0.717) is 21.5 Å². The number of rotatable bonds is 6. The first-order chi connectivity index (χ1) is 11.5. The van der Waals surface area contributed by atoms with Gasteiger partial charge in [-0.25, -0.2) is 4.79 Å². The van der Waals surface area contributed by atoms with Crippen molar-refractivity contribution in [3.05, 3.63) is 58.1 Å². The predicted molar refractivity (Wildman–Crippen MR) is 96.2 cm³/mol. The molecule has 2 aromatic rings. The molecule has 0 aliphatic carbocycles. The van der Waals surface area contributed by atoms with Gasteiger partial charge in [0.2, 0.25) is 0 Å². The third kappa shape index (κ3) is 4.77. The normalized spacial score (nSPS) is 11.7. The topological polar surface area (TPSA) is 59.6 Å². The van der Waals surface area contributed by atoms with Crippen molar-refractivity contribution in [3.63, 3.8) is 0 Å². The van der Waals surface area contributed by atoms with Gasteiger partial charge in [-0.05, 0) is 24.3 Å². The van der Waals surface area contributed by atoms with E-state index in [-0.39, 0.29) is 12.6 Å². The first-order valence-electron chi connectivity index (χ1n) is 7.20. The molecule has 128 valence electrons. The maximum Gasteiger partial charge on any atom is 0.319 e. The smallest absolute Gasteiger partial charge is 0.319 e. The van der Waals surface area contributed by atoms with Gasteiger partial charge in [0.1, 0.15) is 11.9 Å². The second-order valence-electron chi connectivity index (χ2n) is 4.93. The molecule has 24 heavy (non-hydrogen) atoms. The van der Waals surface area contributed by atoms with Gasteiger partial charge in [0, 0.05) is 29.3 Å². The lowest BCUT2D eigenvalue weighted by molar-refractivity contribution is 0.104. The Kier molecular flexibility index (Phi) is 6.73. The molecule has 2 N–H and O–H groups in total. The van der Waals surface area contributed by atoms with Gasteiger partial charge < -0.3 is 20.1 Å². The molecule has 0 unspecified atom stereocenters. The number of benzene rings is 2. The molecule has 2 amide bonds. The molecule has 0 fully saturated rings. The number of carbonyl (C=O) groups excluding carboxylic acids is 1. The monoisotopic (exact) mass is 368 g/mol. The third-order valence-corrected chi connectivity index (χ3v) is 3.97. The van der Waals surface area contributed by atoms with Gasteiger partial charge in [0.15, 0.2) is 0 Å². The minimum absolute atomic E-state index is 0.259. The summed E-state index contributed by atoms with van der Waals surface area (Å²) >= 11 is 12.1. The Morgan fingerprint density at radius 3 is 2.58 bits per heavy atom. The highest BCUT2D eigenvalue weighted by atomic mass is 35.5. The number of amides is 2. The Hall–Kier alpha value is -1.95. The summed E-state index contributed by atoms with van der Waals surface area (Å²) in [6.07, 6.45) is -0.356. The zero-order chi connectivity index (χ0) is 17.5. The van der Waals surface area contributed by atoms with E-state index >= 15 is 0 Å². The van der Waals surface area contributed by atoms with E-state index in [0.717, 1.165) is 5.56 Å².